The molecule has 1 aromatic carbocycles. The molecule has 0 bridgehead atoms. The van der Waals surface area contributed by atoms with Gasteiger partial charge in [-0.1, -0.05) is 27.5 Å². The van der Waals surface area contributed by atoms with Gasteiger partial charge in [0, 0.05) is 15.1 Å². The van der Waals surface area contributed by atoms with Gasteiger partial charge in [0.15, 0.2) is 5.82 Å². The molecular weight excluding hydrogens is 416 g/mol. The molecular formula is C11H8BrClIN3. The number of nitrogen functional groups attached to an aromatic ring is 1. The molecule has 6 heteroatoms. The van der Waals surface area contributed by atoms with Gasteiger partial charge < -0.3 is 5.73 Å². The SMILES string of the molecule is Cc1nc(-c2cc(Cl)ccc2Br)nc(N)c1I. The number of aryl methyl sites for hydroxylation is 1. The van der Waals surface area contributed by atoms with E-state index >= 15 is 0 Å². The van der Waals surface area contributed by atoms with Crippen LogP contribution in [0.15, 0.2) is 22.7 Å². The zero-order valence-corrected chi connectivity index (χ0v) is 13.3. The van der Waals surface area contributed by atoms with E-state index in [-0.39, 0.29) is 0 Å². The Balaban J connectivity index is 2.64. The average Bonchev–Trinajstić information content (AvgIpc) is 2.28. The van der Waals surface area contributed by atoms with Gasteiger partial charge in [0.1, 0.15) is 5.82 Å². The minimum absolute atomic E-state index is 0.486. The van der Waals surface area contributed by atoms with Gasteiger partial charge in [-0.15, -0.1) is 0 Å². The fourth-order valence-electron chi connectivity index (χ4n) is 1.37. The second kappa shape index (κ2) is 5.07. The number of rotatable bonds is 1. The highest BCUT2D eigenvalue weighted by Gasteiger charge is 2.11. The first-order chi connectivity index (χ1) is 7.99. The van der Waals surface area contributed by atoms with E-state index in [9.17, 15) is 0 Å². The summed E-state index contributed by atoms with van der Waals surface area (Å²) in [7, 11) is 0. The molecule has 0 fully saturated rings. The summed E-state index contributed by atoms with van der Waals surface area (Å²) in [5.41, 5.74) is 7.54. The molecule has 1 heterocycles. The Morgan fingerprint density at radius 1 is 1.35 bits per heavy atom. The summed E-state index contributed by atoms with van der Waals surface area (Å²) in [6, 6.07) is 5.48. The molecule has 0 aliphatic heterocycles. The number of aromatic nitrogens is 2. The monoisotopic (exact) mass is 423 g/mol. The Labute approximate surface area is 126 Å². The Morgan fingerprint density at radius 2 is 2.06 bits per heavy atom. The molecule has 1 aromatic heterocycles. The maximum Gasteiger partial charge on any atom is 0.163 e. The third-order valence-corrected chi connectivity index (χ3v) is 4.47. The lowest BCUT2D eigenvalue weighted by Gasteiger charge is -2.07. The van der Waals surface area contributed by atoms with Crippen molar-refractivity contribution >= 4 is 55.9 Å². The van der Waals surface area contributed by atoms with Crippen LogP contribution in [0.5, 0.6) is 0 Å². The van der Waals surface area contributed by atoms with Crippen LogP contribution in [-0.4, -0.2) is 9.97 Å². The van der Waals surface area contributed by atoms with Gasteiger partial charge in [-0.05, 0) is 47.7 Å². The van der Waals surface area contributed by atoms with Crippen LogP contribution in [0.4, 0.5) is 5.82 Å². The third kappa shape index (κ3) is 2.71. The maximum atomic E-state index is 5.97. The minimum atomic E-state index is 0.486. The van der Waals surface area contributed by atoms with Crippen LogP contribution in [0.3, 0.4) is 0 Å². The zero-order chi connectivity index (χ0) is 12.6. The lowest BCUT2D eigenvalue weighted by molar-refractivity contribution is 1.10. The topological polar surface area (TPSA) is 51.8 Å². The van der Waals surface area contributed by atoms with Crippen LogP contribution in [0.25, 0.3) is 11.4 Å². The zero-order valence-electron chi connectivity index (χ0n) is 8.84. The molecule has 2 N–H and O–H groups in total. The molecule has 88 valence electrons. The van der Waals surface area contributed by atoms with Gasteiger partial charge in [-0.2, -0.15) is 0 Å². The number of nitrogens with two attached hydrogens (primary N) is 1. The number of benzene rings is 1. The Bertz CT molecular complexity index is 566. The Hall–Kier alpha value is -0.400. The van der Waals surface area contributed by atoms with Crippen LogP contribution in [0.2, 0.25) is 5.02 Å². The fraction of sp³-hybridized carbons (Fsp3) is 0.0909. The van der Waals surface area contributed by atoms with Crippen molar-refractivity contribution in [2.24, 2.45) is 0 Å². The molecule has 0 saturated heterocycles. The Morgan fingerprint density at radius 3 is 2.71 bits per heavy atom. The number of anilines is 1. The van der Waals surface area contributed by atoms with Gasteiger partial charge in [0.25, 0.3) is 0 Å². The van der Waals surface area contributed by atoms with Gasteiger partial charge in [-0.3, -0.25) is 0 Å². The molecule has 0 amide bonds. The molecule has 0 saturated carbocycles. The van der Waals surface area contributed by atoms with E-state index in [2.05, 4.69) is 48.5 Å². The summed E-state index contributed by atoms with van der Waals surface area (Å²) >= 11 is 11.6. The van der Waals surface area contributed by atoms with Crippen molar-refractivity contribution in [3.8, 4) is 11.4 Å². The van der Waals surface area contributed by atoms with Crippen LogP contribution in [0, 0.1) is 10.5 Å². The van der Waals surface area contributed by atoms with E-state index in [1.54, 1.807) is 6.07 Å². The molecule has 2 rings (SSSR count). The summed E-state index contributed by atoms with van der Waals surface area (Å²) in [4.78, 5) is 8.69. The first-order valence-corrected chi connectivity index (χ1v) is 6.99. The number of nitrogens with zero attached hydrogens (tertiary/aromatic N) is 2. The first-order valence-electron chi connectivity index (χ1n) is 4.74. The van der Waals surface area contributed by atoms with Crippen molar-refractivity contribution in [3.05, 3.63) is 37.0 Å². The molecule has 0 unspecified atom stereocenters. The van der Waals surface area contributed by atoms with Crippen LogP contribution in [0.1, 0.15) is 5.69 Å². The lowest BCUT2D eigenvalue weighted by Crippen LogP contribution is -2.02. The predicted octanol–water partition coefficient (Wildman–Crippen LogP) is 4.05. The molecule has 17 heavy (non-hydrogen) atoms. The van der Waals surface area contributed by atoms with E-state index in [1.165, 1.54) is 0 Å². The van der Waals surface area contributed by atoms with Crippen LogP contribution < -0.4 is 5.73 Å². The molecule has 0 aliphatic carbocycles. The summed E-state index contributed by atoms with van der Waals surface area (Å²) in [5, 5.41) is 0.640. The molecule has 0 atom stereocenters. The fourth-order valence-corrected chi connectivity index (χ4v) is 2.21. The van der Waals surface area contributed by atoms with Crippen molar-refractivity contribution < 1.29 is 0 Å². The summed E-state index contributed by atoms with van der Waals surface area (Å²) < 4.78 is 1.77. The second-order valence-electron chi connectivity index (χ2n) is 3.46. The van der Waals surface area contributed by atoms with Crippen molar-refractivity contribution in [2.75, 3.05) is 5.73 Å². The molecule has 3 nitrogen and oxygen atoms in total. The quantitative estimate of drug-likeness (QED) is 0.703. The van der Waals surface area contributed by atoms with Gasteiger partial charge in [0.05, 0.1) is 9.26 Å². The van der Waals surface area contributed by atoms with Crippen molar-refractivity contribution in [1.29, 1.82) is 0 Å². The second-order valence-corrected chi connectivity index (χ2v) is 5.83. The van der Waals surface area contributed by atoms with E-state index in [0.717, 1.165) is 19.3 Å². The third-order valence-electron chi connectivity index (χ3n) is 2.21. The van der Waals surface area contributed by atoms with Gasteiger partial charge >= 0.3 is 0 Å². The largest absolute Gasteiger partial charge is 0.383 e. The van der Waals surface area contributed by atoms with Gasteiger partial charge in [-0.25, -0.2) is 9.97 Å². The van der Waals surface area contributed by atoms with E-state index in [4.69, 9.17) is 17.3 Å². The summed E-state index contributed by atoms with van der Waals surface area (Å²) in [6.45, 7) is 1.90. The number of hydrogen-bond donors (Lipinski definition) is 1. The normalized spacial score (nSPS) is 10.6. The smallest absolute Gasteiger partial charge is 0.163 e. The highest BCUT2D eigenvalue weighted by Crippen LogP contribution is 2.30. The number of halogens is 3. The standard InChI is InChI=1S/C11H8BrClIN3/c1-5-9(14)10(15)17-11(16-5)7-4-6(13)2-3-8(7)12/h2-4H,1H3,(H2,15,16,17). The number of hydrogen-bond acceptors (Lipinski definition) is 3. The van der Waals surface area contributed by atoms with Crippen molar-refractivity contribution in [3.63, 3.8) is 0 Å². The summed E-state index contributed by atoms with van der Waals surface area (Å²) in [5.74, 6) is 1.06. The summed E-state index contributed by atoms with van der Waals surface area (Å²) in [6.07, 6.45) is 0. The highest BCUT2D eigenvalue weighted by molar-refractivity contribution is 14.1. The average molecular weight is 424 g/mol. The van der Waals surface area contributed by atoms with E-state index in [0.29, 0.717) is 16.7 Å². The molecule has 0 spiro atoms. The Kier molecular flexibility index (Phi) is 3.89. The van der Waals surface area contributed by atoms with E-state index < -0.39 is 0 Å². The lowest BCUT2D eigenvalue weighted by atomic mass is 10.2. The molecule has 0 aliphatic rings. The highest BCUT2D eigenvalue weighted by atomic mass is 127. The minimum Gasteiger partial charge on any atom is -0.383 e. The maximum absolute atomic E-state index is 5.97. The van der Waals surface area contributed by atoms with Crippen LogP contribution >= 0.6 is 50.1 Å². The van der Waals surface area contributed by atoms with Crippen molar-refractivity contribution in [1.82, 2.24) is 9.97 Å². The van der Waals surface area contributed by atoms with E-state index in [1.807, 2.05) is 19.1 Å². The van der Waals surface area contributed by atoms with Gasteiger partial charge in [0.2, 0.25) is 0 Å². The van der Waals surface area contributed by atoms with Crippen LogP contribution in [-0.2, 0) is 0 Å². The first kappa shape index (κ1) is 13.0. The predicted molar refractivity (Wildman–Crippen MR) is 82.0 cm³/mol. The molecule has 0 radical (unpaired) electrons. The molecule has 2 aromatic rings. The van der Waals surface area contributed by atoms with Crippen molar-refractivity contribution in [2.45, 2.75) is 6.92 Å².